The van der Waals surface area contributed by atoms with Gasteiger partial charge in [-0.05, 0) is 49.3 Å². The molecule has 3 amide bonds. The molecule has 0 spiro atoms. The maximum Gasteiger partial charge on any atom is 0.254 e. The number of nitrogens with one attached hydrogen (secondary N) is 2. The van der Waals surface area contributed by atoms with E-state index < -0.39 is 6.04 Å². The van der Waals surface area contributed by atoms with E-state index in [4.69, 9.17) is 23.8 Å². The molecular weight excluding hydrogens is 436 g/mol. The quantitative estimate of drug-likeness (QED) is 0.594. The molecule has 0 aliphatic carbocycles. The third-order valence-electron chi connectivity index (χ3n) is 4.83. The Morgan fingerprint density at radius 2 is 1.84 bits per heavy atom. The van der Waals surface area contributed by atoms with E-state index in [1.54, 1.807) is 31.2 Å². The van der Waals surface area contributed by atoms with Gasteiger partial charge in [-0.3, -0.25) is 24.7 Å². The van der Waals surface area contributed by atoms with Crippen molar-refractivity contribution in [3.05, 3.63) is 65.2 Å². The Morgan fingerprint density at radius 3 is 2.52 bits per heavy atom. The van der Waals surface area contributed by atoms with Crippen LogP contribution < -0.4 is 10.7 Å². The van der Waals surface area contributed by atoms with E-state index in [1.807, 2.05) is 30.3 Å². The van der Waals surface area contributed by atoms with Crippen LogP contribution in [0.2, 0.25) is 5.02 Å². The van der Waals surface area contributed by atoms with Crippen LogP contribution in [0, 0.1) is 0 Å². The van der Waals surface area contributed by atoms with E-state index in [-0.39, 0.29) is 35.7 Å². The molecule has 3 rings (SSSR count). The van der Waals surface area contributed by atoms with Crippen molar-refractivity contribution in [3.63, 3.8) is 0 Å². The molecule has 0 aromatic heterocycles. The number of rotatable bonds is 8. The molecule has 1 atom stereocenters. The topological polar surface area (TPSA) is 81.8 Å². The van der Waals surface area contributed by atoms with E-state index in [9.17, 15) is 14.4 Å². The average molecular weight is 459 g/mol. The number of carbonyl (C=O) groups is 3. The predicted molar refractivity (Wildman–Crippen MR) is 123 cm³/mol. The Bertz CT molecular complexity index is 986. The van der Waals surface area contributed by atoms with Crippen LogP contribution in [0.15, 0.2) is 54.6 Å². The van der Waals surface area contributed by atoms with Gasteiger partial charge in [-0.2, -0.15) is 0 Å². The minimum absolute atomic E-state index is 0.166. The van der Waals surface area contributed by atoms with Gasteiger partial charge in [0.25, 0.3) is 5.91 Å². The predicted octanol–water partition coefficient (Wildman–Crippen LogP) is 3.15. The molecule has 1 aliphatic rings. The zero-order chi connectivity index (χ0) is 22.4. The highest BCUT2D eigenvalue weighted by molar-refractivity contribution is 7.80. The number of amides is 3. The van der Waals surface area contributed by atoms with Gasteiger partial charge in [0, 0.05) is 23.7 Å². The van der Waals surface area contributed by atoms with Gasteiger partial charge in [0.05, 0.1) is 6.42 Å². The number of carbonyl (C=O) groups excluding carboxylic acids is 3. The number of hydrogen-bond donors (Lipinski definition) is 2. The van der Waals surface area contributed by atoms with Crippen molar-refractivity contribution in [1.29, 1.82) is 0 Å². The van der Waals surface area contributed by atoms with Gasteiger partial charge in [-0.25, -0.2) is 5.01 Å². The monoisotopic (exact) mass is 458 g/mol. The Hall–Kier alpha value is -2.97. The molecule has 9 heteroatoms. The molecule has 2 aromatic carbocycles. The highest BCUT2D eigenvalue weighted by atomic mass is 35.5. The zero-order valence-electron chi connectivity index (χ0n) is 17.0. The van der Waals surface area contributed by atoms with Crippen LogP contribution >= 0.6 is 23.8 Å². The van der Waals surface area contributed by atoms with E-state index in [0.717, 1.165) is 5.56 Å². The number of nitrogens with zero attached hydrogens (tertiary/aromatic N) is 2. The molecule has 1 fully saturated rings. The summed E-state index contributed by atoms with van der Waals surface area (Å²) in [5, 5.41) is 4.72. The highest BCUT2D eigenvalue weighted by Crippen LogP contribution is 2.21. The molecule has 2 aromatic rings. The summed E-state index contributed by atoms with van der Waals surface area (Å²) in [7, 11) is 0. The first-order valence-electron chi connectivity index (χ1n) is 9.92. The Morgan fingerprint density at radius 1 is 1.10 bits per heavy atom. The number of likely N-dealkylation sites (N-methyl/N-ethyl adjacent to an activating group) is 1. The van der Waals surface area contributed by atoms with Gasteiger partial charge in [-0.15, -0.1) is 0 Å². The first-order chi connectivity index (χ1) is 14.9. The fourth-order valence-electron chi connectivity index (χ4n) is 3.29. The molecule has 1 aliphatic heterocycles. The van der Waals surface area contributed by atoms with Crippen molar-refractivity contribution in [3.8, 4) is 0 Å². The molecule has 0 saturated carbocycles. The standard InChI is InChI=1S/C22H23ClN4O3S/c1-2-26-21(30)18(14-20(29)24-17-10-6-9-16(23)13-17)27(22(26)31)25-19(28)12-11-15-7-4-3-5-8-15/h3-10,13,18H,2,11-12,14H2,1H3,(H,24,29)(H,25,28). The molecule has 0 bridgehead atoms. The number of benzene rings is 2. The van der Waals surface area contributed by atoms with Crippen LogP contribution in [0.3, 0.4) is 0 Å². The number of aryl methyl sites for hydroxylation is 1. The van der Waals surface area contributed by atoms with Crippen LogP contribution in [-0.2, 0) is 20.8 Å². The normalized spacial score (nSPS) is 15.9. The molecule has 1 unspecified atom stereocenters. The molecule has 162 valence electrons. The highest BCUT2D eigenvalue weighted by Gasteiger charge is 2.43. The van der Waals surface area contributed by atoms with Crippen molar-refractivity contribution in [2.45, 2.75) is 32.2 Å². The Balaban J connectivity index is 1.65. The van der Waals surface area contributed by atoms with Crippen molar-refractivity contribution < 1.29 is 14.4 Å². The minimum Gasteiger partial charge on any atom is -0.326 e. The second-order valence-corrected chi connectivity index (χ2v) is 7.84. The summed E-state index contributed by atoms with van der Waals surface area (Å²) in [6.07, 6.45) is 0.616. The van der Waals surface area contributed by atoms with Gasteiger partial charge in [0.2, 0.25) is 11.8 Å². The maximum atomic E-state index is 12.8. The lowest BCUT2D eigenvalue weighted by Crippen LogP contribution is -2.49. The summed E-state index contributed by atoms with van der Waals surface area (Å²) in [6, 6.07) is 15.4. The zero-order valence-corrected chi connectivity index (χ0v) is 18.6. The van der Waals surface area contributed by atoms with Gasteiger partial charge in [0.1, 0.15) is 6.04 Å². The number of halogens is 1. The Labute approximate surface area is 191 Å². The fraction of sp³-hybridized carbons (Fsp3) is 0.273. The van der Waals surface area contributed by atoms with Crippen LogP contribution in [0.1, 0.15) is 25.3 Å². The molecule has 1 heterocycles. The smallest absolute Gasteiger partial charge is 0.254 e. The van der Waals surface area contributed by atoms with Crippen molar-refractivity contribution in [2.75, 3.05) is 11.9 Å². The Kier molecular flexibility index (Phi) is 7.59. The SMILES string of the molecule is CCN1C(=O)C(CC(=O)Nc2cccc(Cl)c2)N(NC(=O)CCc2ccccc2)C1=S. The summed E-state index contributed by atoms with van der Waals surface area (Å²) in [5.41, 5.74) is 4.27. The van der Waals surface area contributed by atoms with Crippen molar-refractivity contribution >= 4 is 52.3 Å². The number of thiocarbonyl (C=S) groups is 1. The van der Waals surface area contributed by atoms with E-state index in [0.29, 0.717) is 23.7 Å². The molecule has 0 radical (unpaired) electrons. The van der Waals surface area contributed by atoms with Crippen LogP contribution in [-0.4, -0.2) is 45.3 Å². The third-order valence-corrected chi connectivity index (χ3v) is 5.48. The van der Waals surface area contributed by atoms with E-state index in [2.05, 4.69) is 10.7 Å². The number of anilines is 1. The maximum absolute atomic E-state index is 12.8. The second kappa shape index (κ2) is 10.4. The summed E-state index contributed by atoms with van der Waals surface area (Å²) < 4.78 is 0. The van der Waals surface area contributed by atoms with E-state index in [1.165, 1.54) is 9.91 Å². The first kappa shape index (κ1) is 22.7. The number of hydrazine groups is 1. The van der Waals surface area contributed by atoms with Crippen molar-refractivity contribution in [1.82, 2.24) is 15.3 Å². The fourth-order valence-corrected chi connectivity index (χ4v) is 3.87. The summed E-state index contributed by atoms with van der Waals surface area (Å²) in [5.74, 6) is -0.987. The third kappa shape index (κ3) is 5.80. The number of hydrogen-bond acceptors (Lipinski definition) is 4. The molecule has 7 nitrogen and oxygen atoms in total. The lowest BCUT2D eigenvalue weighted by molar-refractivity contribution is -0.132. The van der Waals surface area contributed by atoms with Crippen molar-refractivity contribution in [2.24, 2.45) is 0 Å². The molecule has 1 saturated heterocycles. The largest absolute Gasteiger partial charge is 0.326 e. The lowest BCUT2D eigenvalue weighted by Gasteiger charge is -2.24. The van der Waals surface area contributed by atoms with Crippen LogP contribution in [0.4, 0.5) is 5.69 Å². The van der Waals surface area contributed by atoms with Gasteiger partial charge in [-0.1, -0.05) is 48.0 Å². The summed E-state index contributed by atoms with van der Waals surface area (Å²) in [4.78, 5) is 39.3. The minimum atomic E-state index is -0.910. The molecule has 2 N–H and O–H groups in total. The lowest BCUT2D eigenvalue weighted by atomic mass is 10.1. The van der Waals surface area contributed by atoms with Gasteiger partial charge < -0.3 is 5.32 Å². The van der Waals surface area contributed by atoms with Gasteiger partial charge in [0.15, 0.2) is 5.11 Å². The molecule has 31 heavy (non-hydrogen) atoms. The van der Waals surface area contributed by atoms with E-state index >= 15 is 0 Å². The van der Waals surface area contributed by atoms with Gasteiger partial charge >= 0.3 is 0 Å². The van der Waals surface area contributed by atoms with Crippen LogP contribution in [0.25, 0.3) is 0 Å². The summed E-state index contributed by atoms with van der Waals surface area (Å²) in [6.45, 7) is 2.13. The first-order valence-corrected chi connectivity index (χ1v) is 10.7. The average Bonchev–Trinajstić information content (AvgIpc) is 2.96. The van der Waals surface area contributed by atoms with Crippen LogP contribution in [0.5, 0.6) is 0 Å². The molecular formula is C22H23ClN4O3S. The second-order valence-electron chi connectivity index (χ2n) is 7.03. The summed E-state index contributed by atoms with van der Waals surface area (Å²) >= 11 is 11.3.